The summed E-state index contributed by atoms with van der Waals surface area (Å²) in [6.07, 6.45) is 0. The number of hydrazone groups is 1. The Morgan fingerprint density at radius 3 is 2.11 bits per heavy atom. The minimum Gasteiger partial charge on any atom is -0.331 e. The molecule has 2 aliphatic heterocycles. The number of aryl methyl sites for hydroxylation is 1. The van der Waals surface area contributed by atoms with E-state index in [2.05, 4.69) is 0 Å². The zero-order valence-corrected chi connectivity index (χ0v) is 22.1. The zero-order valence-electron chi connectivity index (χ0n) is 22.1. The molecule has 1 saturated carbocycles. The van der Waals surface area contributed by atoms with Crippen LogP contribution in [0.1, 0.15) is 48.9 Å². The average Bonchev–Trinajstić information content (AvgIpc) is 3.28. The summed E-state index contributed by atoms with van der Waals surface area (Å²) < 4.78 is 0. The lowest BCUT2D eigenvalue weighted by atomic mass is 9.82. The third-order valence-electron chi connectivity index (χ3n) is 8.36. The molecule has 0 radical (unpaired) electrons. The SMILES string of the molecule is Cc1ccccc1C1=NN(C(C)(C)C)C(=O)C12[C@@H](c1ccccc1)C21CN(Cc2ccccc2)C(=O)C1=O. The summed E-state index contributed by atoms with van der Waals surface area (Å²) in [7, 11) is 0. The van der Waals surface area contributed by atoms with Gasteiger partial charge in [0.05, 0.1) is 16.7 Å². The average molecular weight is 506 g/mol. The van der Waals surface area contributed by atoms with Gasteiger partial charge >= 0.3 is 0 Å². The van der Waals surface area contributed by atoms with Gasteiger partial charge in [0, 0.05) is 24.6 Å². The van der Waals surface area contributed by atoms with Crippen LogP contribution in [0.4, 0.5) is 0 Å². The highest BCUT2D eigenvalue weighted by Gasteiger charge is 2.91. The van der Waals surface area contributed by atoms with E-state index >= 15 is 0 Å². The molecule has 1 saturated heterocycles. The molecule has 6 rings (SSSR count). The number of hydrogen-bond acceptors (Lipinski definition) is 4. The van der Waals surface area contributed by atoms with E-state index in [0.29, 0.717) is 12.3 Å². The molecule has 0 bridgehead atoms. The third-order valence-corrected chi connectivity index (χ3v) is 8.36. The van der Waals surface area contributed by atoms with E-state index in [0.717, 1.165) is 22.3 Å². The van der Waals surface area contributed by atoms with Crippen molar-refractivity contribution >= 4 is 23.3 Å². The number of ketones is 1. The highest BCUT2D eigenvalue weighted by atomic mass is 16.2. The molecular formula is C32H31N3O3. The summed E-state index contributed by atoms with van der Waals surface area (Å²) in [6.45, 7) is 8.31. The van der Waals surface area contributed by atoms with Gasteiger partial charge in [0.1, 0.15) is 5.41 Å². The lowest BCUT2D eigenvalue weighted by Gasteiger charge is -2.29. The van der Waals surface area contributed by atoms with Gasteiger partial charge in [-0.05, 0) is 44.4 Å². The van der Waals surface area contributed by atoms with Crippen molar-refractivity contribution in [3.63, 3.8) is 0 Å². The number of amides is 2. The van der Waals surface area contributed by atoms with Gasteiger partial charge in [-0.3, -0.25) is 14.4 Å². The lowest BCUT2D eigenvalue weighted by molar-refractivity contribution is -0.143. The molecule has 6 heteroatoms. The van der Waals surface area contributed by atoms with Crippen molar-refractivity contribution in [3.05, 3.63) is 107 Å². The van der Waals surface area contributed by atoms with Crippen LogP contribution in [-0.4, -0.2) is 45.3 Å². The van der Waals surface area contributed by atoms with Crippen LogP contribution in [0.2, 0.25) is 0 Å². The van der Waals surface area contributed by atoms with Gasteiger partial charge in [-0.1, -0.05) is 84.9 Å². The Labute approximate surface area is 223 Å². The zero-order chi connectivity index (χ0) is 26.9. The maximum absolute atomic E-state index is 14.6. The van der Waals surface area contributed by atoms with Crippen molar-refractivity contribution in [1.29, 1.82) is 0 Å². The summed E-state index contributed by atoms with van der Waals surface area (Å²) in [5.74, 6) is -1.73. The maximum atomic E-state index is 14.6. The Bertz CT molecular complexity index is 1490. The molecule has 1 aliphatic carbocycles. The number of Topliss-reactive ketones (excluding diaryl/α,β-unsaturated/α-hetero) is 1. The summed E-state index contributed by atoms with van der Waals surface area (Å²) in [6, 6.07) is 27.2. The Morgan fingerprint density at radius 2 is 1.47 bits per heavy atom. The Morgan fingerprint density at radius 1 is 0.868 bits per heavy atom. The van der Waals surface area contributed by atoms with Gasteiger partial charge in [-0.25, -0.2) is 5.01 Å². The van der Waals surface area contributed by atoms with Crippen LogP contribution in [0.3, 0.4) is 0 Å². The van der Waals surface area contributed by atoms with E-state index < -0.39 is 34.0 Å². The van der Waals surface area contributed by atoms with E-state index in [9.17, 15) is 14.4 Å². The predicted octanol–water partition coefficient (Wildman–Crippen LogP) is 4.72. The van der Waals surface area contributed by atoms with Crippen LogP contribution in [-0.2, 0) is 20.9 Å². The number of carbonyl (C=O) groups excluding carboxylic acids is 3. The van der Waals surface area contributed by atoms with Crippen molar-refractivity contribution in [3.8, 4) is 0 Å². The van der Waals surface area contributed by atoms with E-state index in [4.69, 9.17) is 5.10 Å². The first-order chi connectivity index (χ1) is 18.1. The van der Waals surface area contributed by atoms with Crippen LogP contribution >= 0.6 is 0 Å². The fraction of sp³-hybridized carbons (Fsp3) is 0.312. The number of carbonyl (C=O) groups is 3. The molecule has 2 amide bonds. The number of nitrogens with zero attached hydrogens (tertiary/aromatic N) is 3. The standard InChI is InChI=1S/C32H31N3O3/c1-21-13-11-12-18-24(21)26-32(29(38)35(33-26)30(2,3)4)25(23-16-9-6-10-17-23)31(32)20-34(28(37)27(31)36)19-22-14-7-5-8-15-22/h5-18,25H,19-20H2,1-4H3/t25-,31?,32?/m0/s1. The van der Waals surface area contributed by atoms with Crippen molar-refractivity contribution in [2.24, 2.45) is 15.9 Å². The molecule has 192 valence electrons. The quantitative estimate of drug-likeness (QED) is 0.482. The molecule has 0 aromatic heterocycles. The molecule has 3 aliphatic rings. The highest BCUT2D eigenvalue weighted by molar-refractivity contribution is 6.45. The van der Waals surface area contributed by atoms with Crippen molar-refractivity contribution in [2.45, 2.75) is 45.7 Å². The van der Waals surface area contributed by atoms with E-state index in [1.165, 1.54) is 5.01 Å². The fourth-order valence-electron chi connectivity index (χ4n) is 6.67. The molecule has 2 heterocycles. The van der Waals surface area contributed by atoms with Crippen LogP contribution in [0.5, 0.6) is 0 Å². The molecule has 6 nitrogen and oxygen atoms in total. The molecule has 3 aromatic carbocycles. The molecule has 2 fully saturated rings. The van der Waals surface area contributed by atoms with Gasteiger partial charge in [-0.2, -0.15) is 5.10 Å². The number of hydrogen-bond donors (Lipinski definition) is 0. The monoisotopic (exact) mass is 505 g/mol. The number of benzene rings is 3. The Hall–Kier alpha value is -4.06. The first-order valence-corrected chi connectivity index (χ1v) is 13.1. The van der Waals surface area contributed by atoms with Crippen LogP contribution in [0, 0.1) is 17.8 Å². The number of rotatable bonds is 4. The maximum Gasteiger partial charge on any atom is 0.291 e. The van der Waals surface area contributed by atoms with Crippen LogP contribution < -0.4 is 0 Å². The van der Waals surface area contributed by atoms with Crippen molar-refractivity contribution in [1.82, 2.24) is 9.91 Å². The van der Waals surface area contributed by atoms with Gasteiger partial charge in [0.15, 0.2) is 0 Å². The van der Waals surface area contributed by atoms with Crippen LogP contribution in [0.15, 0.2) is 90.0 Å². The molecule has 3 aromatic rings. The first kappa shape index (κ1) is 24.3. The van der Waals surface area contributed by atoms with Crippen LogP contribution in [0.25, 0.3) is 0 Å². The largest absolute Gasteiger partial charge is 0.331 e. The summed E-state index contributed by atoms with van der Waals surface area (Å²) in [4.78, 5) is 44.0. The van der Waals surface area contributed by atoms with Gasteiger partial charge in [0.25, 0.3) is 11.8 Å². The first-order valence-electron chi connectivity index (χ1n) is 13.1. The number of likely N-dealkylation sites (tertiary alicyclic amines) is 1. The second-order valence-electron chi connectivity index (χ2n) is 11.7. The van der Waals surface area contributed by atoms with Gasteiger partial charge in [0.2, 0.25) is 5.78 Å². The summed E-state index contributed by atoms with van der Waals surface area (Å²) >= 11 is 0. The molecule has 2 unspecified atom stereocenters. The van der Waals surface area contributed by atoms with Crippen molar-refractivity contribution in [2.75, 3.05) is 6.54 Å². The third kappa shape index (κ3) is 3.12. The van der Waals surface area contributed by atoms with E-state index in [-0.39, 0.29) is 12.5 Å². The second kappa shape index (κ2) is 8.22. The van der Waals surface area contributed by atoms with E-state index in [1.807, 2.05) is 113 Å². The Kier molecular flexibility index (Phi) is 5.25. The topological polar surface area (TPSA) is 70.1 Å². The minimum absolute atomic E-state index is 0.174. The molecule has 3 atom stereocenters. The number of fused-ring (bicyclic) bond motifs is 1. The molecule has 38 heavy (non-hydrogen) atoms. The summed E-state index contributed by atoms with van der Waals surface area (Å²) in [5.41, 5.74) is 1.14. The Balaban J connectivity index is 1.56. The van der Waals surface area contributed by atoms with Gasteiger partial charge in [-0.15, -0.1) is 0 Å². The lowest BCUT2D eigenvalue weighted by Crippen LogP contribution is -2.44. The van der Waals surface area contributed by atoms with Gasteiger partial charge < -0.3 is 4.90 Å². The minimum atomic E-state index is -1.26. The molecular weight excluding hydrogens is 474 g/mol. The molecule has 0 N–H and O–H groups in total. The second-order valence-corrected chi connectivity index (χ2v) is 11.7. The fourth-order valence-corrected chi connectivity index (χ4v) is 6.67. The normalized spacial score (nSPS) is 26.6. The molecule has 2 spiro atoms. The van der Waals surface area contributed by atoms with E-state index in [1.54, 1.807) is 4.90 Å². The smallest absolute Gasteiger partial charge is 0.291 e. The summed E-state index contributed by atoms with van der Waals surface area (Å²) in [5, 5.41) is 6.51. The van der Waals surface area contributed by atoms with Crippen molar-refractivity contribution < 1.29 is 14.4 Å². The predicted molar refractivity (Wildman–Crippen MR) is 145 cm³/mol. The highest BCUT2D eigenvalue weighted by Crippen LogP contribution is 2.79.